The van der Waals surface area contributed by atoms with E-state index in [1.165, 1.54) is 0 Å². The molecule has 0 bridgehead atoms. The van der Waals surface area contributed by atoms with Gasteiger partial charge in [0.1, 0.15) is 11.5 Å². The van der Waals surface area contributed by atoms with E-state index in [1.54, 1.807) is 25.3 Å². The maximum atomic E-state index is 10.2. The SMILES string of the molecule is COc1ccc(-c2cc(-c3cccc(C)c3)nc(N)n2)c(O)c1. The fourth-order valence-electron chi connectivity index (χ4n) is 2.41. The maximum Gasteiger partial charge on any atom is 0.221 e. The monoisotopic (exact) mass is 307 g/mol. The maximum absolute atomic E-state index is 10.2. The Hall–Kier alpha value is -3.08. The highest BCUT2D eigenvalue weighted by molar-refractivity contribution is 5.73. The van der Waals surface area contributed by atoms with Crippen molar-refractivity contribution >= 4 is 5.95 Å². The van der Waals surface area contributed by atoms with E-state index in [9.17, 15) is 5.11 Å². The number of hydrogen-bond donors (Lipinski definition) is 2. The average molecular weight is 307 g/mol. The third kappa shape index (κ3) is 3.08. The summed E-state index contributed by atoms with van der Waals surface area (Å²) in [7, 11) is 1.55. The van der Waals surface area contributed by atoms with Crippen LogP contribution in [0.2, 0.25) is 0 Å². The fourth-order valence-corrected chi connectivity index (χ4v) is 2.41. The fraction of sp³-hybridized carbons (Fsp3) is 0.111. The number of anilines is 1. The summed E-state index contributed by atoms with van der Waals surface area (Å²) in [5.41, 5.74) is 9.79. The van der Waals surface area contributed by atoms with Gasteiger partial charge in [-0.1, -0.05) is 23.8 Å². The Kier molecular flexibility index (Phi) is 3.85. The molecule has 0 saturated carbocycles. The van der Waals surface area contributed by atoms with Crippen molar-refractivity contribution in [2.75, 3.05) is 12.8 Å². The summed E-state index contributed by atoms with van der Waals surface area (Å²) < 4.78 is 5.10. The average Bonchev–Trinajstić information content (AvgIpc) is 2.54. The van der Waals surface area contributed by atoms with Gasteiger partial charge in [0, 0.05) is 17.2 Å². The third-order valence-electron chi connectivity index (χ3n) is 3.54. The second-order valence-electron chi connectivity index (χ2n) is 5.25. The van der Waals surface area contributed by atoms with E-state index in [0.717, 1.165) is 11.1 Å². The summed E-state index contributed by atoms with van der Waals surface area (Å²) in [5.74, 6) is 0.819. The second-order valence-corrected chi connectivity index (χ2v) is 5.25. The molecular weight excluding hydrogens is 290 g/mol. The standard InChI is InChI=1S/C18H17N3O2/c1-11-4-3-5-12(8-11)15-10-16(21-18(19)20-15)14-7-6-13(23-2)9-17(14)22/h3-10,22H,1-2H3,(H2,19,20,21). The number of aryl methyl sites for hydroxylation is 1. The van der Waals surface area contributed by atoms with Crippen LogP contribution in [0.4, 0.5) is 5.95 Å². The molecule has 0 spiro atoms. The summed E-state index contributed by atoms with van der Waals surface area (Å²) >= 11 is 0. The van der Waals surface area contributed by atoms with Gasteiger partial charge in [-0.3, -0.25) is 0 Å². The Labute approximate surface area is 134 Å². The number of nitrogens with two attached hydrogens (primary N) is 1. The lowest BCUT2D eigenvalue weighted by atomic mass is 10.1. The number of hydrogen-bond acceptors (Lipinski definition) is 5. The first kappa shape index (κ1) is 14.8. The first-order chi connectivity index (χ1) is 11.1. The van der Waals surface area contributed by atoms with Gasteiger partial charge in [-0.2, -0.15) is 0 Å². The van der Waals surface area contributed by atoms with Crippen molar-refractivity contribution in [3.63, 3.8) is 0 Å². The molecule has 0 aliphatic rings. The van der Waals surface area contributed by atoms with Crippen molar-refractivity contribution < 1.29 is 9.84 Å². The van der Waals surface area contributed by atoms with E-state index in [-0.39, 0.29) is 11.7 Å². The van der Waals surface area contributed by atoms with Gasteiger partial charge in [-0.05, 0) is 31.2 Å². The summed E-state index contributed by atoms with van der Waals surface area (Å²) in [6.07, 6.45) is 0. The number of aromatic nitrogens is 2. The Morgan fingerprint density at radius 1 is 1.00 bits per heavy atom. The van der Waals surface area contributed by atoms with E-state index in [1.807, 2.05) is 37.3 Å². The lowest BCUT2D eigenvalue weighted by Crippen LogP contribution is -1.99. The normalized spacial score (nSPS) is 10.5. The van der Waals surface area contributed by atoms with E-state index in [0.29, 0.717) is 22.7 Å². The number of rotatable bonds is 3. The van der Waals surface area contributed by atoms with Crippen LogP contribution in [0.25, 0.3) is 22.5 Å². The Morgan fingerprint density at radius 3 is 2.48 bits per heavy atom. The zero-order chi connectivity index (χ0) is 16.4. The molecule has 1 aromatic heterocycles. The Bertz CT molecular complexity index is 863. The number of methoxy groups -OCH3 is 1. The van der Waals surface area contributed by atoms with Crippen LogP contribution < -0.4 is 10.5 Å². The van der Waals surface area contributed by atoms with E-state index in [4.69, 9.17) is 10.5 Å². The summed E-state index contributed by atoms with van der Waals surface area (Å²) in [6, 6.07) is 14.8. The van der Waals surface area contributed by atoms with Crippen molar-refractivity contribution in [3.05, 3.63) is 54.1 Å². The summed E-state index contributed by atoms with van der Waals surface area (Å²) in [4.78, 5) is 8.53. The van der Waals surface area contributed by atoms with Crippen LogP contribution in [0.1, 0.15) is 5.56 Å². The van der Waals surface area contributed by atoms with E-state index in [2.05, 4.69) is 9.97 Å². The van der Waals surface area contributed by atoms with Crippen LogP contribution >= 0.6 is 0 Å². The van der Waals surface area contributed by atoms with E-state index < -0.39 is 0 Å². The van der Waals surface area contributed by atoms with Gasteiger partial charge in [-0.15, -0.1) is 0 Å². The smallest absolute Gasteiger partial charge is 0.221 e. The van der Waals surface area contributed by atoms with Gasteiger partial charge in [0.2, 0.25) is 5.95 Å². The molecule has 5 nitrogen and oxygen atoms in total. The highest BCUT2D eigenvalue weighted by Crippen LogP contribution is 2.33. The second kappa shape index (κ2) is 5.96. The van der Waals surface area contributed by atoms with Crippen LogP contribution in [0.15, 0.2) is 48.5 Å². The van der Waals surface area contributed by atoms with Gasteiger partial charge < -0.3 is 15.6 Å². The van der Waals surface area contributed by atoms with Gasteiger partial charge in [0.05, 0.1) is 18.5 Å². The number of benzene rings is 2. The number of nitrogen functional groups attached to an aromatic ring is 1. The predicted octanol–water partition coefficient (Wildman–Crippen LogP) is 3.42. The number of phenols is 1. The van der Waals surface area contributed by atoms with Crippen molar-refractivity contribution in [1.82, 2.24) is 9.97 Å². The molecule has 3 N–H and O–H groups in total. The molecule has 2 aromatic carbocycles. The predicted molar refractivity (Wildman–Crippen MR) is 90.3 cm³/mol. The molecule has 5 heteroatoms. The molecule has 0 fully saturated rings. The molecule has 1 heterocycles. The molecule has 3 aromatic rings. The minimum Gasteiger partial charge on any atom is -0.507 e. The quantitative estimate of drug-likeness (QED) is 0.775. The molecule has 0 aliphatic carbocycles. The lowest BCUT2D eigenvalue weighted by molar-refractivity contribution is 0.408. The third-order valence-corrected chi connectivity index (χ3v) is 3.54. The molecule has 0 radical (unpaired) electrons. The minimum absolute atomic E-state index is 0.0812. The van der Waals surface area contributed by atoms with Crippen LogP contribution in [0, 0.1) is 6.92 Å². The molecule has 3 rings (SSSR count). The molecule has 0 unspecified atom stereocenters. The van der Waals surface area contributed by atoms with Crippen molar-refractivity contribution in [1.29, 1.82) is 0 Å². The first-order valence-electron chi connectivity index (χ1n) is 7.16. The minimum atomic E-state index is 0.0812. The molecular formula is C18H17N3O2. The molecule has 23 heavy (non-hydrogen) atoms. The van der Waals surface area contributed by atoms with Crippen molar-refractivity contribution in [2.24, 2.45) is 0 Å². The Balaban J connectivity index is 2.11. The summed E-state index contributed by atoms with van der Waals surface area (Å²) in [6.45, 7) is 2.02. The van der Waals surface area contributed by atoms with Gasteiger partial charge in [0.15, 0.2) is 0 Å². The largest absolute Gasteiger partial charge is 0.507 e. The van der Waals surface area contributed by atoms with Gasteiger partial charge in [0.25, 0.3) is 0 Å². The molecule has 0 aliphatic heterocycles. The van der Waals surface area contributed by atoms with Crippen molar-refractivity contribution in [3.8, 4) is 34.0 Å². The zero-order valence-electron chi connectivity index (χ0n) is 12.9. The molecule has 0 atom stereocenters. The zero-order valence-corrected chi connectivity index (χ0v) is 12.9. The molecule has 0 saturated heterocycles. The van der Waals surface area contributed by atoms with Crippen LogP contribution in [0.5, 0.6) is 11.5 Å². The summed E-state index contributed by atoms with van der Waals surface area (Å²) in [5, 5.41) is 10.2. The number of aromatic hydroxyl groups is 1. The highest BCUT2D eigenvalue weighted by Gasteiger charge is 2.11. The van der Waals surface area contributed by atoms with Gasteiger partial charge in [-0.25, -0.2) is 9.97 Å². The van der Waals surface area contributed by atoms with E-state index >= 15 is 0 Å². The Morgan fingerprint density at radius 2 is 1.78 bits per heavy atom. The number of nitrogens with zero attached hydrogens (tertiary/aromatic N) is 2. The molecule has 0 amide bonds. The van der Waals surface area contributed by atoms with Crippen LogP contribution in [-0.2, 0) is 0 Å². The number of ether oxygens (including phenoxy) is 1. The highest BCUT2D eigenvalue weighted by atomic mass is 16.5. The lowest BCUT2D eigenvalue weighted by Gasteiger charge is -2.09. The van der Waals surface area contributed by atoms with Gasteiger partial charge >= 0.3 is 0 Å². The topological polar surface area (TPSA) is 81.3 Å². The molecule has 116 valence electrons. The van der Waals surface area contributed by atoms with Crippen molar-refractivity contribution in [2.45, 2.75) is 6.92 Å². The van der Waals surface area contributed by atoms with Crippen LogP contribution in [-0.4, -0.2) is 22.2 Å². The number of phenolic OH excluding ortho intramolecular Hbond substituents is 1. The van der Waals surface area contributed by atoms with Crippen LogP contribution in [0.3, 0.4) is 0 Å². The first-order valence-corrected chi connectivity index (χ1v) is 7.16.